The number of aromatic nitrogens is 5. The normalized spacial score (nSPS) is 11.1. The first kappa shape index (κ1) is 15.8. The molecule has 0 radical (unpaired) electrons. The fraction of sp³-hybridized carbons (Fsp3) is 0.111. The van der Waals surface area contributed by atoms with Gasteiger partial charge in [-0.2, -0.15) is 5.10 Å². The number of nitrogens with two attached hydrogens (primary N) is 1. The van der Waals surface area contributed by atoms with E-state index in [1.165, 1.54) is 0 Å². The Hall–Kier alpha value is -3.68. The van der Waals surface area contributed by atoms with Gasteiger partial charge >= 0.3 is 5.97 Å². The van der Waals surface area contributed by atoms with Crippen LogP contribution in [0.4, 0.5) is 5.82 Å². The smallest absolute Gasteiger partial charge is 0.307 e. The monoisotopic (exact) mass is 348 g/mol. The van der Waals surface area contributed by atoms with Crippen molar-refractivity contribution in [3.63, 3.8) is 0 Å². The molecule has 0 saturated carbocycles. The van der Waals surface area contributed by atoms with Crippen LogP contribution in [-0.2, 0) is 18.3 Å². The van der Waals surface area contributed by atoms with E-state index < -0.39 is 5.97 Å². The van der Waals surface area contributed by atoms with Gasteiger partial charge in [-0.25, -0.2) is 9.97 Å². The summed E-state index contributed by atoms with van der Waals surface area (Å²) in [6.45, 7) is 0. The number of pyridine rings is 1. The molecule has 4 N–H and O–H groups in total. The van der Waals surface area contributed by atoms with Crippen LogP contribution in [0.2, 0.25) is 0 Å². The van der Waals surface area contributed by atoms with Crippen molar-refractivity contribution >= 4 is 22.8 Å². The molecule has 0 aliphatic rings. The predicted octanol–water partition coefficient (Wildman–Crippen LogP) is 2.23. The molecule has 3 heterocycles. The second-order valence-corrected chi connectivity index (χ2v) is 6.07. The summed E-state index contributed by atoms with van der Waals surface area (Å²) < 4.78 is 1.72. The third kappa shape index (κ3) is 2.88. The number of nitrogen functional groups attached to an aromatic ring is 1. The lowest BCUT2D eigenvalue weighted by Gasteiger charge is -2.04. The summed E-state index contributed by atoms with van der Waals surface area (Å²) >= 11 is 0. The van der Waals surface area contributed by atoms with Gasteiger partial charge in [0.1, 0.15) is 11.6 Å². The maximum absolute atomic E-state index is 10.9. The molecule has 0 aliphatic heterocycles. The summed E-state index contributed by atoms with van der Waals surface area (Å²) in [7, 11) is 1.85. The van der Waals surface area contributed by atoms with Crippen LogP contribution >= 0.6 is 0 Å². The number of nitrogens with zero attached hydrogens (tertiary/aromatic N) is 4. The Morgan fingerprint density at radius 1 is 1.27 bits per heavy atom. The number of H-pyrrole nitrogens is 1. The first-order valence-electron chi connectivity index (χ1n) is 7.95. The SMILES string of the molecule is Cn1cc(-c2cnc(N)c(-c3nc4cc(CC(=O)O)ccc4[nH]3)c2)cn1. The Balaban J connectivity index is 1.78. The molecule has 0 atom stereocenters. The largest absolute Gasteiger partial charge is 0.481 e. The van der Waals surface area contributed by atoms with Gasteiger partial charge in [0.2, 0.25) is 0 Å². The summed E-state index contributed by atoms with van der Waals surface area (Å²) in [6, 6.07) is 7.26. The number of anilines is 1. The van der Waals surface area contributed by atoms with Gasteiger partial charge in [-0.05, 0) is 23.8 Å². The molecule has 1 aromatic carbocycles. The van der Waals surface area contributed by atoms with Crippen molar-refractivity contribution in [1.29, 1.82) is 0 Å². The van der Waals surface area contributed by atoms with Crippen LogP contribution < -0.4 is 5.73 Å². The third-order valence-corrected chi connectivity index (χ3v) is 4.11. The van der Waals surface area contributed by atoms with Crippen LogP contribution in [0.3, 0.4) is 0 Å². The molecular weight excluding hydrogens is 332 g/mol. The van der Waals surface area contributed by atoms with Crippen LogP contribution in [0.15, 0.2) is 42.9 Å². The van der Waals surface area contributed by atoms with E-state index in [0.29, 0.717) is 28.3 Å². The van der Waals surface area contributed by atoms with Crippen LogP contribution in [0, 0.1) is 0 Å². The average Bonchev–Trinajstić information content (AvgIpc) is 3.20. The molecule has 0 fully saturated rings. The fourth-order valence-corrected chi connectivity index (χ4v) is 2.86. The van der Waals surface area contributed by atoms with Crippen LogP contribution in [0.1, 0.15) is 5.56 Å². The number of aromatic amines is 1. The standard InChI is InChI=1S/C18H16N6O2/c1-24-9-12(8-21-24)11-6-13(17(19)20-7-11)18-22-14-3-2-10(5-16(25)26)4-15(14)23-18/h2-4,6-9H,5H2,1H3,(H2,19,20)(H,22,23)(H,25,26). The van der Waals surface area contributed by atoms with Crippen molar-refractivity contribution in [3.05, 3.63) is 48.4 Å². The van der Waals surface area contributed by atoms with Crippen LogP contribution in [0.5, 0.6) is 0 Å². The van der Waals surface area contributed by atoms with Gasteiger partial charge in [0.25, 0.3) is 0 Å². The van der Waals surface area contributed by atoms with Crippen molar-refractivity contribution in [1.82, 2.24) is 24.7 Å². The molecule has 0 unspecified atom stereocenters. The van der Waals surface area contributed by atoms with E-state index in [9.17, 15) is 4.79 Å². The highest BCUT2D eigenvalue weighted by molar-refractivity contribution is 5.84. The van der Waals surface area contributed by atoms with Gasteiger partial charge in [0.15, 0.2) is 0 Å². The van der Waals surface area contributed by atoms with Crippen molar-refractivity contribution in [2.75, 3.05) is 5.73 Å². The molecule has 8 nitrogen and oxygen atoms in total. The molecule has 0 spiro atoms. The number of carbonyl (C=O) groups is 1. The Bertz CT molecular complexity index is 1130. The van der Waals surface area contributed by atoms with Gasteiger partial charge in [-0.1, -0.05) is 6.07 Å². The molecule has 4 aromatic rings. The number of fused-ring (bicyclic) bond motifs is 1. The number of hydrogen-bond donors (Lipinski definition) is 3. The number of aryl methyl sites for hydroxylation is 1. The second kappa shape index (κ2) is 5.99. The molecule has 4 rings (SSSR count). The number of nitrogens with one attached hydrogen (secondary N) is 1. The van der Waals surface area contributed by atoms with Crippen molar-refractivity contribution in [2.45, 2.75) is 6.42 Å². The van der Waals surface area contributed by atoms with Gasteiger partial charge in [0.05, 0.1) is 29.2 Å². The molecule has 8 heteroatoms. The average molecular weight is 348 g/mol. The summed E-state index contributed by atoms with van der Waals surface area (Å²) in [5, 5.41) is 13.1. The van der Waals surface area contributed by atoms with E-state index >= 15 is 0 Å². The topological polar surface area (TPSA) is 123 Å². The van der Waals surface area contributed by atoms with Crippen LogP contribution in [-0.4, -0.2) is 35.8 Å². The van der Waals surface area contributed by atoms with Crippen molar-refractivity contribution in [2.24, 2.45) is 7.05 Å². The van der Waals surface area contributed by atoms with E-state index in [0.717, 1.165) is 16.6 Å². The Morgan fingerprint density at radius 2 is 2.12 bits per heavy atom. The molecule has 0 bridgehead atoms. The quantitative estimate of drug-likeness (QED) is 0.520. The highest BCUT2D eigenvalue weighted by Crippen LogP contribution is 2.29. The number of benzene rings is 1. The Kier molecular flexibility index (Phi) is 3.65. The molecular formula is C18H16N6O2. The van der Waals surface area contributed by atoms with Crippen LogP contribution in [0.25, 0.3) is 33.5 Å². The van der Waals surface area contributed by atoms with Crippen molar-refractivity contribution < 1.29 is 9.90 Å². The number of imidazole rings is 1. The van der Waals surface area contributed by atoms with E-state index in [1.807, 2.05) is 25.4 Å². The number of aliphatic carboxylic acids is 1. The predicted molar refractivity (Wildman–Crippen MR) is 97.3 cm³/mol. The zero-order valence-electron chi connectivity index (χ0n) is 14.0. The van der Waals surface area contributed by atoms with Crippen molar-refractivity contribution in [3.8, 4) is 22.5 Å². The minimum atomic E-state index is -0.877. The maximum Gasteiger partial charge on any atom is 0.307 e. The lowest BCUT2D eigenvalue weighted by Crippen LogP contribution is -1.99. The number of rotatable bonds is 4. The Morgan fingerprint density at radius 3 is 2.85 bits per heavy atom. The maximum atomic E-state index is 10.9. The summed E-state index contributed by atoms with van der Waals surface area (Å²) in [4.78, 5) is 22.9. The fourth-order valence-electron chi connectivity index (χ4n) is 2.86. The summed E-state index contributed by atoms with van der Waals surface area (Å²) in [5.74, 6) is 0.0726. The molecule has 0 saturated heterocycles. The Labute approximate surface area is 148 Å². The number of hydrogen-bond acceptors (Lipinski definition) is 5. The first-order valence-corrected chi connectivity index (χ1v) is 7.95. The minimum absolute atomic E-state index is 0.0433. The van der Waals surface area contributed by atoms with Gasteiger partial charge < -0.3 is 15.8 Å². The van der Waals surface area contributed by atoms with E-state index in [4.69, 9.17) is 10.8 Å². The van der Waals surface area contributed by atoms with Gasteiger partial charge in [-0.3, -0.25) is 9.48 Å². The highest BCUT2D eigenvalue weighted by Gasteiger charge is 2.13. The first-order chi connectivity index (χ1) is 12.5. The second-order valence-electron chi connectivity index (χ2n) is 6.07. The zero-order valence-corrected chi connectivity index (χ0v) is 14.0. The summed E-state index contributed by atoms with van der Waals surface area (Å²) in [6.07, 6.45) is 5.31. The molecule has 3 aromatic heterocycles. The van der Waals surface area contributed by atoms with Gasteiger partial charge in [-0.15, -0.1) is 0 Å². The van der Waals surface area contributed by atoms with E-state index in [-0.39, 0.29) is 6.42 Å². The number of carboxylic acid groups (broad SMARTS) is 1. The van der Waals surface area contributed by atoms with Gasteiger partial charge in [0, 0.05) is 30.6 Å². The van der Waals surface area contributed by atoms with E-state index in [1.54, 1.807) is 29.2 Å². The third-order valence-electron chi connectivity index (χ3n) is 4.11. The number of carboxylic acids is 1. The lowest BCUT2D eigenvalue weighted by molar-refractivity contribution is -0.136. The molecule has 26 heavy (non-hydrogen) atoms. The molecule has 0 aliphatic carbocycles. The molecule has 130 valence electrons. The zero-order chi connectivity index (χ0) is 18.3. The summed E-state index contributed by atoms with van der Waals surface area (Å²) in [5.41, 5.74) is 10.7. The highest BCUT2D eigenvalue weighted by atomic mass is 16.4. The minimum Gasteiger partial charge on any atom is -0.481 e. The molecule has 0 amide bonds. The van der Waals surface area contributed by atoms with E-state index in [2.05, 4.69) is 20.1 Å². The lowest BCUT2D eigenvalue weighted by atomic mass is 10.1.